The Kier molecular flexibility index (Phi) is 13.4. The SMILES string of the molecule is CCN=C(CN(CC)CNC)OC(=O)CCCCCNC(=O)c1cc(CC)cnc1C1=NC(C)(C(C)C)C(=O)N1. The van der Waals surface area contributed by atoms with E-state index in [9.17, 15) is 14.4 Å². The molecule has 11 heteroatoms. The van der Waals surface area contributed by atoms with Crippen LogP contribution >= 0.6 is 0 Å². The van der Waals surface area contributed by atoms with Gasteiger partial charge in [0, 0.05) is 32.4 Å². The molecule has 0 aliphatic carbocycles. The molecule has 1 unspecified atom stereocenters. The number of likely N-dealkylation sites (N-methyl/N-ethyl adjacent to an activating group) is 1. The largest absolute Gasteiger partial charge is 0.410 e. The molecule has 2 amide bonds. The van der Waals surface area contributed by atoms with Crippen molar-refractivity contribution in [2.24, 2.45) is 15.9 Å². The molecule has 11 nitrogen and oxygen atoms in total. The number of carbonyl (C=O) groups excluding carboxylic acids is 3. The Bertz CT molecular complexity index is 1090. The van der Waals surface area contributed by atoms with E-state index >= 15 is 0 Å². The third kappa shape index (κ3) is 9.19. The van der Waals surface area contributed by atoms with Gasteiger partial charge in [0.1, 0.15) is 11.2 Å². The van der Waals surface area contributed by atoms with E-state index in [1.165, 1.54) is 0 Å². The van der Waals surface area contributed by atoms with Gasteiger partial charge in [0.2, 0.25) is 5.90 Å². The summed E-state index contributed by atoms with van der Waals surface area (Å²) < 4.78 is 5.52. The first kappa shape index (κ1) is 33.0. The maximum atomic E-state index is 13.1. The van der Waals surface area contributed by atoms with Crippen molar-refractivity contribution in [2.75, 3.05) is 39.9 Å². The first-order chi connectivity index (χ1) is 19.1. The number of amides is 2. The Morgan fingerprint density at radius 1 is 1.20 bits per heavy atom. The van der Waals surface area contributed by atoms with Crippen LogP contribution in [0.15, 0.2) is 22.2 Å². The number of rotatable bonds is 16. The van der Waals surface area contributed by atoms with Gasteiger partial charge in [-0.05, 0) is 64.3 Å². The Balaban J connectivity index is 1.89. The summed E-state index contributed by atoms with van der Waals surface area (Å²) in [4.78, 5) is 53.7. The summed E-state index contributed by atoms with van der Waals surface area (Å²) in [5.74, 6) is -0.00727. The van der Waals surface area contributed by atoms with Crippen molar-refractivity contribution >= 4 is 29.5 Å². The zero-order valence-electron chi connectivity index (χ0n) is 25.2. The fourth-order valence-corrected chi connectivity index (χ4v) is 4.15. The summed E-state index contributed by atoms with van der Waals surface area (Å²) in [7, 11) is 1.87. The first-order valence-corrected chi connectivity index (χ1v) is 14.4. The van der Waals surface area contributed by atoms with Crippen LogP contribution in [0.5, 0.6) is 0 Å². The number of nitrogens with one attached hydrogen (secondary N) is 3. The monoisotopic (exact) mass is 557 g/mol. The quantitative estimate of drug-likeness (QED) is 0.0934. The molecular weight excluding hydrogens is 510 g/mol. The summed E-state index contributed by atoms with van der Waals surface area (Å²) in [5.41, 5.74) is 0.775. The number of hydrogen-bond acceptors (Lipinski definition) is 9. The number of esters is 1. The van der Waals surface area contributed by atoms with Gasteiger partial charge < -0.3 is 20.7 Å². The van der Waals surface area contributed by atoms with Crippen LogP contribution in [0.4, 0.5) is 0 Å². The van der Waals surface area contributed by atoms with E-state index in [4.69, 9.17) is 4.74 Å². The van der Waals surface area contributed by atoms with Crippen molar-refractivity contribution < 1.29 is 19.1 Å². The number of hydrogen-bond donors (Lipinski definition) is 3. The van der Waals surface area contributed by atoms with Crippen LogP contribution in [0.3, 0.4) is 0 Å². The number of nitrogens with zero attached hydrogens (tertiary/aromatic N) is 4. The fourth-order valence-electron chi connectivity index (χ4n) is 4.15. The minimum atomic E-state index is -0.902. The molecule has 1 aromatic rings. The third-order valence-electron chi connectivity index (χ3n) is 7.08. The molecule has 1 aliphatic heterocycles. The summed E-state index contributed by atoms with van der Waals surface area (Å²) >= 11 is 0. The summed E-state index contributed by atoms with van der Waals surface area (Å²) in [6, 6.07) is 1.80. The second kappa shape index (κ2) is 16.2. The van der Waals surface area contributed by atoms with E-state index in [-0.39, 0.29) is 30.1 Å². The maximum absolute atomic E-state index is 13.1. The van der Waals surface area contributed by atoms with Crippen molar-refractivity contribution in [3.63, 3.8) is 0 Å². The van der Waals surface area contributed by atoms with E-state index in [1.807, 2.05) is 41.7 Å². The van der Waals surface area contributed by atoms with Gasteiger partial charge in [0.05, 0.1) is 12.1 Å². The molecule has 1 aromatic heterocycles. The molecule has 1 aliphatic rings. The number of aryl methyl sites for hydroxylation is 1. The van der Waals surface area contributed by atoms with Crippen LogP contribution in [0, 0.1) is 5.92 Å². The van der Waals surface area contributed by atoms with Crippen LogP contribution in [-0.4, -0.2) is 84.8 Å². The molecule has 3 N–H and O–H groups in total. The topological polar surface area (TPSA) is 137 Å². The lowest BCUT2D eigenvalue weighted by molar-refractivity contribution is -0.136. The number of aliphatic imine (C=N–C) groups is 2. The van der Waals surface area contributed by atoms with Crippen molar-refractivity contribution in [2.45, 2.75) is 79.2 Å². The van der Waals surface area contributed by atoms with Crippen molar-refractivity contribution in [1.82, 2.24) is 25.8 Å². The first-order valence-electron chi connectivity index (χ1n) is 14.4. The lowest BCUT2D eigenvalue weighted by Gasteiger charge is -2.21. The predicted octanol–water partition coefficient (Wildman–Crippen LogP) is 2.69. The molecule has 222 valence electrons. The zero-order chi connectivity index (χ0) is 29.7. The molecule has 2 rings (SSSR count). The normalized spacial score (nSPS) is 17.3. The molecule has 1 atom stereocenters. The van der Waals surface area contributed by atoms with E-state index in [0.29, 0.717) is 62.1 Å². The smallest absolute Gasteiger partial charge is 0.312 e. The molecule has 0 fully saturated rings. The molecule has 2 heterocycles. The van der Waals surface area contributed by atoms with E-state index in [1.54, 1.807) is 19.2 Å². The number of carbonyl (C=O) groups is 3. The zero-order valence-corrected chi connectivity index (χ0v) is 25.2. The fraction of sp³-hybridized carbons (Fsp3) is 0.655. The number of pyridine rings is 1. The van der Waals surface area contributed by atoms with E-state index in [0.717, 1.165) is 24.9 Å². The highest BCUT2D eigenvalue weighted by Gasteiger charge is 2.43. The van der Waals surface area contributed by atoms with E-state index < -0.39 is 5.54 Å². The van der Waals surface area contributed by atoms with Gasteiger partial charge in [-0.2, -0.15) is 0 Å². The highest BCUT2D eigenvalue weighted by molar-refractivity contribution is 6.18. The molecule has 0 saturated carbocycles. The van der Waals surface area contributed by atoms with E-state index in [2.05, 4.69) is 35.8 Å². The van der Waals surface area contributed by atoms with Crippen LogP contribution in [0.25, 0.3) is 0 Å². The highest BCUT2D eigenvalue weighted by Crippen LogP contribution is 2.27. The Morgan fingerprint density at radius 2 is 1.95 bits per heavy atom. The maximum Gasteiger partial charge on any atom is 0.312 e. The molecule has 0 radical (unpaired) electrons. The van der Waals surface area contributed by atoms with Gasteiger partial charge in [0.15, 0.2) is 5.84 Å². The Hall–Kier alpha value is -3.18. The van der Waals surface area contributed by atoms with Crippen LogP contribution in [0.2, 0.25) is 0 Å². The average molecular weight is 558 g/mol. The molecular formula is C29H47N7O4. The summed E-state index contributed by atoms with van der Waals surface area (Å²) in [6.45, 7) is 14.6. The van der Waals surface area contributed by atoms with Gasteiger partial charge in [-0.15, -0.1) is 0 Å². The molecule has 0 spiro atoms. The van der Waals surface area contributed by atoms with Crippen molar-refractivity contribution in [3.8, 4) is 0 Å². The lowest BCUT2D eigenvalue weighted by atomic mass is 9.89. The number of ether oxygens (including phenoxy) is 1. The highest BCUT2D eigenvalue weighted by atomic mass is 16.5. The van der Waals surface area contributed by atoms with Crippen molar-refractivity contribution in [1.29, 1.82) is 0 Å². The van der Waals surface area contributed by atoms with Crippen LogP contribution in [-0.2, 0) is 20.7 Å². The van der Waals surface area contributed by atoms with Gasteiger partial charge >= 0.3 is 5.97 Å². The minimum absolute atomic E-state index is 0.00983. The predicted molar refractivity (Wildman–Crippen MR) is 158 cm³/mol. The molecule has 0 aromatic carbocycles. The molecule has 40 heavy (non-hydrogen) atoms. The number of unbranched alkanes of at least 4 members (excludes halogenated alkanes) is 2. The lowest BCUT2D eigenvalue weighted by Crippen LogP contribution is -2.41. The van der Waals surface area contributed by atoms with Crippen LogP contribution < -0.4 is 16.0 Å². The van der Waals surface area contributed by atoms with Gasteiger partial charge in [-0.3, -0.25) is 29.3 Å². The van der Waals surface area contributed by atoms with Crippen molar-refractivity contribution in [3.05, 3.63) is 29.1 Å². The standard InChI is InChI=1S/C29H47N7O4/c1-8-21-16-22(25(33-17-21)26-34-28(39)29(6,35-26)20(4)5)27(38)32-15-13-11-12-14-24(37)40-23(31-9-2)18-36(10-3)19-30-7/h16-17,20,30H,8-15,18-19H2,1-7H3,(H,32,38)(H,34,35,39). The minimum Gasteiger partial charge on any atom is -0.410 e. The second-order valence-electron chi connectivity index (χ2n) is 10.4. The van der Waals surface area contributed by atoms with Crippen LogP contribution in [0.1, 0.15) is 88.8 Å². The van der Waals surface area contributed by atoms with Gasteiger partial charge in [-0.1, -0.05) is 34.1 Å². The number of amidine groups is 1. The van der Waals surface area contributed by atoms with Gasteiger partial charge in [-0.25, -0.2) is 4.99 Å². The number of aromatic nitrogens is 1. The summed E-state index contributed by atoms with van der Waals surface area (Å²) in [6.07, 6.45) is 4.84. The summed E-state index contributed by atoms with van der Waals surface area (Å²) in [5, 5.41) is 8.87. The molecule has 0 bridgehead atoms. The Morgan fingerprint density at radius 3 is 2.55 bits per heavy atom. The molecule has 0 saturated heterocycles. The Labute approximate surface area is 238 Å². The van der Waals surface area contributed by atoms with Gasteiger partial charge in [0.25, 0.3) is 11.8 Å². The average Bonchev–Trinajstić information content (AvgIpc) is 3.24. The second-order valence-corrected chi connectivity index (χ2v) is 10.4. The third-order valence-corrected chi connectivity index (χ3v) is 7.08.